The van der Waals surface area contributed by atoms with Crippen molar-refractivity contribution >= 4 is 0 Å². The molecule has 1 N–H and O–H groups in total. The lowest BCUT2D eigenvalue weighted by Crippen LogP contribution is -1.99. The largest absolute Gasteiger partial charge is 0.494 e. The van der Waals surface area contributed by atoms with Crippen LogP contribution in [0.2, 0.25) is 0 Å². The number of H-pyrrole nitrogens is 1. The van der Waals surface area contributed by atoms with Crippen LogP contribution in [0.3, 0.4) is 0 Å². The Kier molecular flexibility index (Phi) is 4.34. The van der Waals surface area contributed by atoms with Gasteiger partial charge in [0.2, 0.25) is 0 Å². The predicted octanol–water partition coefficient (Wildman–Crippen LogP) is 2.55. The van der Waals surface area contributed by atoms with E-state index in [1.165, 1.54) is 11.1 Å². The topological polar surface area (TPSA) is 50.8 Å². The Labute approximate surface area is 107 Å². The number of aryl methyl sites for hydroxylation is 3. The Morgan fingerprint density at radius 2 is 2.06 bits per heavy atom. The van der Waals surface area contributed by atoms with E-state index < -0.39 is 0 Å². The summed E-state index contributed by atoms with van der Waals surface area (Å²) in [5, 5.41) is 10.5. The lowest BCUT2D eigenvalue weighted by Gasteiger charge is -2.10. The molecule has 96 valence electrons. The van der Waals surface area contributed by atoms with Crippen LogP contribution in [0, 0.1) is 0 Å². The van der Waals surface area contributed by atoms with Gasteiger partial charge in [-0.2, -0.15) is 15.4 Å². The number of nitrogens with zero attached hydrogens (tertiary/aromatic N) is 2. The van der Waals surface area contributed by atoms with E-state index in [-0.39, 0.29) is 0 Å². The van der Waals surface area contributed by atoms with Gasteiger partial charge < -0.3 is 4.74 Å². The zero-order valence-electron chi connectivity index (χ0n) is 10.9. The molecule has 4 heteroatoms. The van der Waals surface area contributed by atoms with Gasteiger partial charge in [0, 0.05) is 0 Å². The summed E-state index contributed by atoms with van der Waals surface area (Å²) in [4.78, 5) is 0. The van der Waals surface area contributed by atoms with Crippen LogP contribution in [0.25, 0.3) is 0 Å². The fourth-order valence-electron chi connectivity index (χ4n) is 2.04. The molecule has 2 rings (SSSR count). The molecule has 0 radical (unpaired) electrons. The lowest BCUT2D eigenvalue weighted by molar-refractivity contribution is 0.340. The molecule has 0 fully saturated rings. The molecule has 0 amide bonds. The van der Waals surface area contributed by atoms with Crippen molar-refractivity contribution in [3.8, 4) is 5.75 Å². The highest BCUT2D eigenvalue weighted by Gasteiger charge is 2.05. The zero-order valence-corrected chi connectivity index (χ0v) is 10.9. The van der Waals surface area contributed by atoms with Crippen LogP contribution in [-0.4, -0.2) is 22.0 Å². The Balaban J connectivity index is 2.07. The van der Waals surface area contributed by atoms with Gasteiger partial charge in [0.25, 0.3) is 0 Å². The molecule has 1 aromatic heterocycles. The van der Waals surface area contributed by atoms with Crippen molar-refractivity contribution < 1.29 is 4.74 Å². The third-order valence-electron chi connectivity index (χ3n) is 2.99. The third kappa shape index (κ3) is 3.09. The Morgan fingerprint density at radius 3 is 2.72 bits per heavy atom. The minimum Gasteiger partial charge on any atom is -0.494 e. The molecule has 0 bridgehead atoms. The molecule has 18 heavy (non-hydrogen) atoms. The quantitative estimate of drug-likeness (QED) is 0.851. The standard InChI is InChI=1S/C14H19N3O/c1-3-11-9-14(18-4-2)8-6-12(11)5-7-13-10-15-17-16-13/h6,8-10H,3-5,7H2,1-2H3,(H,15,16,17). The summed E-state index contributed by atoms with van der Waals surface area (Å²) >= 11 is 0. The van der Waals surface area contributed by atoms with E-state index in [9.17, 15) is 0 Å². The summed E-state index contributed by atoms with van der Waals surface area (Å²) in [6.07, 6.45) is 4.70. The average Bonchev–Trinajstić information content (AvgIpc) is 2.90. The lowest BCUT2D eigenvalue weighted by atomic mass is 10.00. The second-order valence-corrected chi connectivity index (χ2v) is 4.18. The summed E-state index contributed by atoms with van der Waals surface area (Å²) in [5.74, 6) is 0.958. The fourth-order valence-corrected chi connectivity index (χ4v) is 2.04. The van der Waals surface area contributed by atoms with Gasteiger partial charge in [-0.1, -0.05) is 13.0 Å². The molecule has 0 saturated heterocycles. The van der Waals surface area contributed by atoms with Crippen LogP contribution in [0.1, 0.15) is 30.7 Å². The summed E-state index contributed by atoms with van der Waals surface area (Å²) in [7, 11) is 0. The highest BCUT2D eigenvalue weighted by Crippen LogP contribution is 2.20. The monoisotopic (exact) mass is 245 g/mol. The molecule has 0 aliphatic heterocycles. The SMILES string of the molecule is CCOc1ccc(CCc2cn[nH]n2)c(CC)c1. The molecular weight excluding hydrogens is 226 g/mol. The second-order valence-electron chi connectivity index (χ2n) is 4.18. The van der Waals surface area contributed by atoms with Crippen molar-refractivity contribution in [2.45, 2.75) is 33.1 Å². The van der Waals surface area contributed by atoms with Gasteiger partial charge in [-0.3, -0.25) is 0 Å². The summed E-state index contributed by atoms with van der Waals surface area (Å²) < 4.78 is 5.53. The van der Waals surface area contributed by atoms with E-state index in [0.717, 1.165) is 30.7 Å². The number of ether oxygens (including phenoxy) is 1. The molecule has 0 saturated carbocycles. The summed E-state index contributed by atoms with van der Waals surface area (Å²) in [6.45, 7) is 4.89. The molecule has 0 aliphatic carbocycles. The Bertz CT molecular complexity index is 480. The van der Waals surface area contributed by atoms with Crippen molar-refractivity contribution in [1.82, 2.24) is 15.4 Å². The number of nitrogens with one attached hydrogen (secondary N) is 1. The van der Waals surface area contributed by atoms with E-state index in [4.69, 9.17) is 4.74 Å². The zero-order chi connectivity index (χ0) is 12.8. The van der Waals surface area contributed by atoms with Crippen LogP contribution in [-0.2, 0) is 19.3 Å². The number of rotatable bonds is 6. The first kappa shape index (κ1) is 12.6. The van der Waals surface area contributed by atoms with Gasteiger partial charge in [-0.25, -0.2) is 0 Å². The highest BCUT2D eigenvalue weighted by atomic mass is 16.5. The first-order valence-corrected chi connectivity index (χ1v) is 6.42. The van der Waals surface area contributed by atoms with E-state index >= 15 is 0 Å². The Hall–Kier alpha value is -1.84. The third-order valence-corrected chi connectivity index (χ3v) is 2.99. The van der Waals surface area contributed by atoms with Crippen molar-refractivity contribution in [3.05, 3.63) is 41.2 Å². The van der Waals surface area contributed by atoms with Gasteiger partial charge in [-0.15, -0.1) is 0 Å². The van der Waals surface area contributed by atoms with Crippen LogP contribution >= 0.6 is 0 Å². The number of aromatic nitrogens is 3. The maximum absolute atomic E-state index is 5.53. The number of hydrogen-bond acceptors (Lipinski definition) is 3. The number of benzene rings is 1. The number of aromatic amines is 1. The normalized spacial score (nSPS) is 10.6. The van der Waals surface area contributed by atoms with Crippen molar-refractivity contribution in [2.24, 2.45) is 0 Å². The van der Waals surface area contributed by atoms with Crippen LogP contribution in [0.4, 0.5) is 0 Å². The van der Waals surface area contributed by atoms with Crippen LogP contribution in [0.15, 0.2) is 24.4 Å². The van der Waals surface area contributed by atoms with E-state index in [1.807, 2.05) is 13.0 Å². The van der Waals surface area contributed by atoms with Crippen molar-refractivity contribution in [2.75, 3.05) is 6.61 Å². The van der Waals surface area contributed by atoms with E-state index in [0.29, 0.717) is 6.61 Å². The molecule has 0 spiro atoms. The maximum atomic E-state index is 5.53. The smallest absolute Gasteiger partial charge is 0.119 e. The fraction of sp³-hybridized carbons (Fsp3) is 0.429. The summed E-state index contributed by atoms with van der Waals surface area (Å²) in [5.41, 5.74) is 3.72. The predicted molar refractivity (Wildman–Crippen MR) is 70.8 cm³/mol. The second kappa shape index (κ2) is 6.19. The van der Waals surface area contributed by atoms with Gasteiger partial charge in [-0.05, 0) is 49.4 Å². The number of hydrogen-bond donors (Lipinski definition) is 1. The molecular formula is C14H19N3O. The molecule has 0 aliphatic rings. The molecule has 1 heterocycles. The molecule has 2 aromatic rings. The minimum atomic E-state index is 0.710. The molecule has 1 aromatic carbocycles. The molecule has 0 unspecified atom stereocenters. The van der Waals surface area contributed by atoms with Gasteiger partial charge >= 0.3 is 0 Å². The Morgan fingerprint density at radius 1 is 1.17 bits per heavy atom. The molecule has 4 nitrogen and oxygen atoms in total. The van der Waals surface area contributed by atoms with E-state index in [2.05, 4.69) is 34.5 Å². The molecule has 0 atom stereocenters. The van der Waals surface area contributed by atoms with E-state index in [1.54, 1.807) is 6.20 Å². The van der Waals surface area contributed by atoms with Crippen LogP contribution in [0.5, 0.6) is 5.75 Å². The summed E-state index contributed by atoms with van der Waals surface area (Å²) in [6, 6.07) is 6.34. The maximum Gasteiger partial charge on any atom is 0.119 e. The first-order chi connectivity index (χ1) is 8.83. The van der Waals surface area contributed by atoms with Crippen molar-refractivity contribution in [1.29, 1.82) is 0 Å². The highest BCUT2D eigenvalue weighted by molar-refractivity contribution is 5.36. The van der Waals surface area contributed by atoms with Gasteiger partial charge in [0.15, 0.2) is 0 Å². The van der Waals surface area contributed by atoms with Crippen molar-refractivity contribution in [3.63, 3.8) is 0 Å². The first-order valence-electron chi connectivity index (χ1n) is 6.42. The van der Waals surface area contributed by atoms with Crippen LogP contribution < -0.4 is 4.74 Å². The van der Waals surface area contributed by atoms with Gasteiger partial charge in [0.1, 0.15) is 5.75 Å². The minimum absolute atomic E-state index is 0.710. The van der Waals surface area contributed by atoms with Gasteiger partial charge in [0.05, 0.1) is 18.5 Å². The average molecular weight is 245 g/mol.